The zero-order chi connectivity index (χ0) is 24.3. The average molecular weight is 468 g/mol. The molecule has 0 radical (unpaired) electrons. The van der Waals surface area contributed by atoms with E-state index in [1.807, 2.05) is 24.3 Å². The summed E-state index contributed by atoms with van der Waals surface area (Å²) in [5.41, 5.74) is 2.63. The summed E-state index contributed by atoms with van der Waals surface area (Å²) in [7, 11) is 7.59. The Hall–Kier alpha value is -2.45. The third-order valence-corrected chi connectivity index (χ3v) is 7.73. The third kappa shape index (κ3) is 4.58. The maximum Gasteiger partial charge on any atom is 0.246 e. The zero-order valence-electron chi connectivity index (χ0n) is 20.7. The predicted octanol–water partition coefficient (Wildman–Crippen LogP) is 2.86. The van der Waals surface area contributed by atoms with Crippen molar-refractivity contribution in [2.24, 2.45) is 0 Å². The molecular formula is C27H37N3O4. The van der Waals surface area contributed by atoms with Crippen LogP contribution in [-0.4, -0.2) is 67.6 Å². The van der Waals surface area contributed by atoms with Gasteiger partial charge in [0.15, 0.2) is 6.35 Å². The Morgan fingerprint density at radius 2 is 1.76 bits per heavy atom. The minimum atomic E-state index is -0.987. The Balaban J connectivity index is 1.51. The molecule has 1 aliphatic carbocycles. The summed E-state index contributed by atoms with van der Waals surface area (Å²) in [6.07, 6.45) is 2.89. The molecule has 4 rings (SSSR count). The molecule has 1 saturated heterocycles. The Morgan fingerprint density at radius 1 is 1.06 bits per heavy atom. The van der Waals surface area contributed by atoms with E-state index in [-0.39, 0.29) is 11.4 Å². The number of carbonyl (C=O) groups is 1. The minimum absolute atomic E-state index is 0.0166. The van der Waals surface area contributed by atoms with E-state index in [0.29, 0.717) is 26.0 Å². The van der Waals surface area contributed by atoms with Gasteiger partial charge in [0.25, 0.3) is 0 Å². The predicted molar refractivity (Wildman–Crippen MR) is 131 cm³/mol. The number of methoxy groups -OCH3 is 2. The fourth-order valence-electron chi connectivity index (χ4n) is 5.54. The second-order valence-corrected chi connectivity index (χ2v) is 9.75. The topological polar surface area (TPSA) is 74.3 Å². The fraction of sp³-hybridized carbons (Fsp3) is 0.519. The molecule has 7 nitrogen and oxygen atoms in total. The highest BCUT2D eigenvalue weighted by atomic mass is 16.5. The van der Waals surface area contributed by atoms with Gasteiger partial charge in [-0.25, -0.2) is 0 Å². The number of benzene rings is 2. The van der Waals surface area contributed by atoms with Crippen LogP contribution in [0, 0.1) is 0 Å². The highest BCUT2D eigenvalue weighted by Crippen LogP contribution is 2.47. The normalized spacial score (nSPS) is 27.1. The molecule has 2 N–H and O–H groups in total. The molecule has 2 aliphatic rings. The van der Waals surface area contributed by atoms with Crippen molar-refractivity contribution in [2.45, 2.75) is 56.1 Å². The first-order valence-electron chi connectivity index (χ1n) is 12.0. The van der Waals surface area contributed by atoms with Gasteiger partial charge in [-0.05, 0) is 75.0 Å². The molecule has 1 aliphatic heterocycles. The van der Waals surface area contributed by atoms with Crippen LogP contribution < -0.4 is 10.1 Å². The van der Waals surface area contributed by atoms with Crippen LogP contribution >= 0.6 is 0 Å². The van der Waals surface area contributed by atoms with E-state index in [1.54, 1.807) is 19.1 Å². The minimum Gasteiger partial charge on any atom is -0.497 e. The molecule has 7 heteroatoms. The van der Waals surface area contributed by atoms with E-state index in [1.165, 1.54) is 11.1 Å². The van der Waals surface area contributed by atoms with Crippen LogP contribution in [0.15, 0.2) is 48.5 Å². The van der Waals surface area contributed by atoms with Gasteiger partial charge in [-0.1, -0.05) is 36.4 Å². The van der Waals surface area contributed by atoms with Crippen LogP contribution in [-0.2, 0) is 28.0 Å². The Labute approximate surface area is 202 Å². The number of hydrogen-bond donors (Lipinski definition) is 2. The molecule has 34 heavy (non-hydrogen) atoms. The Kier molecular flexibility index (Phi) is 7.28. The van der Waals surface area contributed by atoms with E-state index in [0.717, 1.165) is 30.6 Å². The van der Waals surface area contributed by atoms with Gasteiger partial charge < -0.3 is 14.6 Å². The van der Waals surface area contributed by atoms with Crippen molar-refractivity contribution in [3.63, 3.8) is 0 Å². The maximum atomic E-state index is 13.6. The van der Waals surface area contributed by atoms with Crippen molar-refractivity contribution >= 4 is 5.91 Å². The molecule has 0 aromatic heterocycles. The van der Waals surface area contributed by atoms with E-state index in [4.69, 9.17) is 9.47 Å². The lowest BCUT2D eigenvalue weighted by Gasteiger charge is -2.48. The summed E-state index contributed by atoms with van der Waals surface area (Å²) in [4.78, 5) is 17.4. The molecule has 2 fully saturated rings. The Bertz CT molecular complexity index is 984. The SMILES string of the molecule is COCCc1cccc([C@]2(N(C)C)CC[C@]3(CC2)NC(O)N(Cc2ccc(OC)cc2)C3=O)c1. The van der Waals surface area contributed by atoms with Gasteiger partial charge in [0.1, 0.15) is 11.3 Å². The summed E-state index contributed by atoms with van der Waals surface area (Å²) in [6, 6.07) is 16.4. The quantitative estimate of drug-likeness (QED) is 0.622. The van der Waals surface area contributed by atoms with Crippen molar-refractivity contribution < 1.29 is 19.4 Å². The van der Waals surface area contributed by atoms with Crippen LogP contribution in [0.5, 0.6) is 5.75 Å². The first kappa shape index (κ1) is 24.7. The first-order valence-corrected chi connectivity index (χ1v) is 12.0. The van der Waals surface area contributed by atoms with Crippen molar-refractivity contribution in [1.82, 2.24) is 15.1 Å². The molecular weight excluding hydrogens is 430 g/mol. The van der Waals surface area contributed by atoms with Crippen LogP contribution in [0.4, 0.5) is 0 Å². The molecule has 0 bridgehead atoms. The second-order valence-electron chi connectivity index (χ2n) is 9.75. The summed E-state index contributed by atoms with van der Waals surface area (Å²) >= 11 is 0. The largest absolute Gasteiger partial charge is 0.497 e. The number of ether oxygens (including phenoxy) is 2. The number of rotatable bonds is 8. The number of nitrogens with zero attached hydrogens (tertiary/aromatic N) is 2. The van der Waals surface area contributed by atoms with Gasteiger partial charge in [-0.2, -0.15) is 0 Å². The number of hydrogen-bond acceptors (Lipinski definition) is 6. The van der Waals surface area contributed by atoms with Gasteiger partial charge in [0, 0.05) is 19.2 Å². The summed E-state index contributed by atoms with van der Waals surface area (Å²) in [5.74, 6) is 0.752. The summed E-state index contributed by atoms with van der Waals surface area (Å²) in [5, 5.41) is 14.0. The molecule has 2 aromatic carbocycles. The molecule has 2 aromatic rings. The summed E-state index contributed by atoms with van der Waals surface area (Å²) in [6.45, 7) is 1.06. The average Bonchev–Trinajstić information content (AvgIpc) is 3.08. The number of carbonyl (C=O) groups excluding carboxylic acids is 1. The molecule has 1 spiro atoms. The monoisotopic (exact) mass is 467 g/mol. The number of aliphatic hydroxyl groups excluding tert-OH is 1. The van der Waals surface area contributed by atoms with E-state index in [9.17, 15) is 9.90 Å². The standard InChI is InChI=1S/C27H37N3O4/c1-29(2)27(22-7-5-6-20(18-22)12-17-33-3)15-13-26(14-16-27)24(31)30(25(32)28-26)19-21-8-10-23(34-4)11-9-21/h5-11,18,25,28,32H,12-17,19H2,1-4H3/t25?,26-,27+. The maximum absolute atomic E-state index is 13.6. The highest BCUT2D eigenvalue weighted by molar-refractivity contribution is 5.88. The molecule has 1 atom stereocenters. The van der Waals surface area contributed by atoms with Crippen LogP contribution in [0.25, 0.3) is 0 Å². The molecule has 1 amide bonds. The molecule has 1 unspecified atom stereocenters. The van der Waals surface area contributed by atoms with Gasteiger partial charge in [0.05, 0.1) is 13.7 Å². The summed E-state index contributed by atoms with van der Waals surface area (Å²) < 4.78 is 10.5. The van der Waals surface area contributed by atoms with Gasteiger partial charge >= 0.3 is 0 Å². The van der Waals surface area contributed by atoms with Gasteiger partial charge in [-0.15, -0.1) is 0 Å². The lowest BCUT2D eigenvalue weighted by atomic mass is 9.68. The van der Waals surface area contributed by atoms with Crippen molar-refractivity contribution in [3.8, 4) is 5.75 Å². The van der Waals surface area contributed by atoms with Crippen molar-refractivity contribution in [1.29, 1.82) is 0 Å². The number of nitrogens with one attached hydrogen (secondary N) is 1. The van der Waals surface area contributed by atoms with E-state index < -0.39 is 11.9 Å². The molecule has 184 valence electrons. The van der Waals surface area contributed by atoms with Gasteiger partial charge in [0.2, 0.25) is 5.91 Å². The fourth-order valence-corrected chi connectivity index (χ4v) is 5.54. The highest BCUT2D eigenvalue weighted by Gasteiger charge is 2.55. The van der Waals surface area contributed by atoms with Gasteiger partial charge in [-0.3, -0.25) is 19.9 Å². The van der Waals surface area contributed by atoms with E-state index in [2.05, 4.69) is 48.6 Å². The lowest BCUT2D eigenvalue weighted by molar-refractivity contribution is -0.138. The Morgan fingerprint density at radius 3 is 2.38 bits per heavy atom. The first-order chi connectivity index (χ1) is 16.3. The number of aliphatic hydroxyl groups is 1. The van der Waals surface area contributed by atoms with Crippen LogP contribution in [0.1, 0.15) is 42.4 Å². The lowest BCUT2D eigenvalue weighted by Crippen LogP contribution is -2.56. The van der Waals surface area contributed by atoms with Crippen LogP contribution in [0.3, 0.4) is 0 Å². The smallest absolute Gasteiger partial charge is 0.246 e. The second kappa shape index (κ2) is 10.0. The van der Waals surface area contributed by atoms with E-state index >= 15 is 0 Å². The van der Waals surface area contributed by atoms with Crippen molar-refractivity contribution in [3.05, 3.63) is 65.2 Å². The van der Waals surface area contributed by atoms with Crippen LogP contribution in [0.2, 0.25) is 0 Å². The molecule has 1 heterocycles. The third-order valence-electron chi connectivity index (χ3n) is 7.73. The van der Waals surface area contributed by atoms with Crippen molar-refractivity contribution in [2.75, 3.05) is 34.9 Å². The molecule has 1 saturated carbocycles. The zero-order valence-corrected chi connectivity index (χ0v) is 20.7. The number of amides is 1.